The first-order valence-electron chi connectivity index (χ1n) is 11.9. The lowest BCUT2D eigenvalue weighted by molar-refractivity contribution is -0.148. The highest BCUT2D eigenvalue weighted by Crippen LogP contribution is 2.34. The van der Waals surface area contributed by atoms with E-state index in [1.54, 1.807) is 6.33 Å². The number of piperazine rings is 1. The fourth-order valence-corrected chi connectivity index (χ4v) is 4.94. The van der Waals surface area contributed by atoms with Gasteiger partial charge in [-0.1, -0.05) is 49.4 Å². The molecule has 6 nitrogen and oxygen atoms in total. The van der Waals surface area contributed by atoms with Crippen molar-refractivity contribution >= 4 is 11.7 Å². The van der Waals surface area contributed by atoms with E-state index in [-0.39, 0.29) is 5.97 Å². The fraction of sp³-hybridized carbons (Fsp3) is 0.407. The zero-order valence-electron chi connectivity index (χ0n) is 19.7. The van der Waals surface area contributed by atoms with Crippen LogP contribution >= 0.6 is 0 Å². The molecule has 1 fully saturated rings. The molecule has 1 N–H and O–H groups in total. The number of benzene rings is 2. The molecule has 0 aliphatic carbocycles. The first kappa shape index (κ1) is 23.1. The van der Waals surface area contributed by atoms with E-state index < -0.39 is 5.41 Å². The van der Waals surface area contributed by atoms with Crippen molar-refractivity contribution in [1.82, 2.24) is 14.9 Å². The average molecular weight is 447 g/mol. The highest BCUT2D eigenvalue weighted by atomic mass is 16.5. The van der Waals surface area contributed by atoms with Gasteiger partial charge in [0.1, 0.15) is 0 Å². The largest absolute Gasteiger partial charge is 0.468 e. The number of carbonyl (C=O) groups excluding carboxylic acids is 1. The first-order valence-corrected chi connectivity index (χ1v) is 11.9. The third-order valence-corrected chi connectivity index (χ3v) is 7.00. The molecule has 33 heavy (non-hydrogen) atoms. The van der Waals surface area contributed by atoms with Crippen molar-refractivity contribution in [1.29, 1.82) is 0 Å². The van der Waals surface area contributed by atoms with Crippen LogP contribution in [0.2, 0.25) is 0 Å². The van der Waals surface area contributed by atoms with Crippen LogP contribution in [0.4, 0.5) is 5.69 Å². The average Bonchev–Trinajstić information content (AvgIpc) is 3.43. The fourth-order valence-electron chi connectivity index (χ4n) is 4.94. The van der Waals surface area contributed by atoms with E-state index in [1.165, 1.54) is 12.8 Å². The maximum Gasteiger partial charge on any atom is 0.316 e. The maximum absolute atomic E-state index is 12.8. The van der Waals surface area contributed by atoms with Gasteiger partial charge in [0.15, 0.2) is 0 Å². The van der Waals surface area contributed by atoms with Gasteiger partial charge in [-0.2, -0.15) is 0 Å². The second-order valence-electron chi connectivity index (χ2n) is 8.74. The summed E-state index contributed by atoms with van der Waals surface area (Å²) in [6, 6.07) is 18.8. The number of nitrogens with zero attached hydrogens (tertiary/aromatic N) is 3. The van der Waals surface area contributed by atoms with E-state index in [0.717, 1.165) is 68.8 Å². The molecule has 0 radical (unpaired) electrons. The topological polar surface area (TPSA) is 61.5 Å². The zero-order valence-corrected chi connectivity index (χ0v) is 19.7. The maximum atomic E-state index is 12.8. The molecule has 1 aliphatic heterocycles. The monoisotopic (exact) mass is 446 g/mol. The minimum absolute atomic E-state index is 0.125. The molecule has 1 unspecified atom stereocenters. The van der Waals surface area contributed by atoms with Crippen molar-refractivity contribution in [3.8, 4) is 11.3 Å². The number of aromatic nitrogens is 2. The predicted molar refractivity (Wildman–Crippen MR) is 132 cm³/mol. The van der Waals surface area contributed by atoms with Crippen molar-refractivity contribution in [2.45, 2.75) is 31.6 Å². The molecule has 2 heterocycles. The molecule has 0 spiro atoms. The van der Waals surface area contributed by atoms with Crippen molar-refractivity contribution in [2.75, 3.05) is 44.7 Å². The summed E-state index contributed by atoms with van der Waals surface area (Å²) >= 11 is 0. The molecule has 0 saturated carbocycles. The van der Waals surface area contributed by atoms with Gasteiger partial charge in [0, 0.05) is 31.9 Å². The lowest BCUT2D eigenvalue weighted by atomic mass is 9.74. The third kappa shape index (κ3) is 5.11. The summed E-state index contributed by atoms with van der Waals surface area (Å²) < 4.78 is 5.23. The van der Waals surface area contributed by atoms with Gasteiger partial charge in [0.05, 0.1) is 30.7 Å². The summed E-state index contributed by atoms with van der Waals surface area (Å²) in [7, 11) is 1.50. The zero-order chi connectivity index (χ0) is 23.1. The summed E-state index contributed by atoms with van der Waals surface area (Å²) in [5.41, 5.74) is 3.95. The lowest BCUT2D eigenvalue weighted by Gasteiger charge is -2.37. The van der Waals surface area contributed by atoms with E-state index in [4.69, 9.17) is 4.74 Å². The number of rotatable bonds is 9. The molecular weight excluding hydrogens is 412 g/mol. The minimum atomic E-state index is -0.561. The van der Waals surface area contributed by atoms with Gasteiger partial charge in [0.2, 0.25) is 0 Å². The van der Waals surface area contributed by atoms with E-state index in [2.05, 4.69) is 63.1 Å². The highest BCUT2D eigenvalue weighted by Gasteiger charge is 2.39. The smallest absolute Gasteiger partial charge is 0.316 e. The Balaban J connectivity index is 1.30. The van der Waals surface area contributed by atoms with Gasteiger partial charge < -0.3 is 14.6 Å². The highest BCUT2D eigenvalue weighted by molar-refractivity contribution is 5.83. The Kier molecular flexibility index (Phi) is 7.45. The number of ether oxygens (including phenoxy) is 1. The molecule has 3 aromatic rings. The van der Waals surface area contributed by atoms with Crippen LogP contribution in [-0.2, 0) is 14.9 Å². The van der Waals surface area contributed by atoms with Crippen LogP contribution in [0.5, 0.6) is 0 Å². The Morgan fingerprint density at radius 3 is 2.39 bits per heavy atom. The number of hydrogen-bond acceptors (Lipinski definition) is 5. The van der Waals surface area contributed by atoms with Gasteiger partial charge in [-0.3, -0.25) is 9.69 Å². The molecular formula is C27H34N4O2. The number of carbonyl (C=O) groups is 1. The summed E-state index contributed by atoms with van der Waals surface area (Å²) in [4.78, 5) is 25.0. The van der Waals surface area contributed by atoms with Crippen LogP contribution in [0.3, 0.4) is 0 Å². The molecule has 2 aromatic carbocycles. The Hall–Kier alpha value is -3.12. The molecule has 174 valence electrons. The molecule has 1 aromatic heterocycles. The van der Waals surface area contributed by atoms with Gasteiger partial charge >= 0.3 is 5.97 Å². The molecule has 6 heteroatoms. The van der Waals surface area contributed by atoms with Crippen LogP contribution in [0.25, 0.3) is 11.3 Å². The Labute approximate surface area is 196 Å². The van der Waals surface area contributed by atoms with Crippen molar-refractivity contribution in [2.24, 2.45) is 0 Å². The minimum Gasteiger partial charge on any atom is -0.468 e. The van der Waals surface area contributed by atoms with Gasteiger partial charge in [-0.05, 0) is 49.1 Å². The molecule has 1 aliphatic rings. The van der Waals surface area contributed by atoms with E-state index in [9.17, 15) is 4.79 Å². The second kappa shape index (κ2) is 10.7. The molecule has 0 amide bonds. The van der Waals surface area contributed by atoms with E-state index in [1.807, 2.05) is 24.4 Å². The first-order chi connectivity index (χ1) is 16.2. The molecule has 4 rings (SSSR count). The number of H-pyrrole nitrogens is 1. The number of nitrogens with one attached hydrogen (secondary N) is 1. The molecule has 0 bridgehead atoms. The van der Waals surface area contributed by atoms with Crippen molar-refractivity contribution in [3.63, 3.8) is 0 Å². The quantitative estimate of drug-likeness (QED) is 0.491. The molecule has 1 atom stereocenters. The number of hydrogen-bond donors (Lipinski definition) is 1. The number of esters is 1. The summed E-state index contributed by atoms with van der Waals surface area (Å²) in [5, 5.41) is 0. The summed E-state index contributed by atoms with van der Waals surface area (Å²) in [6.45, 7) is 7.17. The predicted octanol–water partition coefficient (Wildman–Crippen LogP) is 4.50. The van der Waals surface area contributed by atoms with Gasteiger partial charge in [0.25, 0.3) is 0 Å². The SMILES string of the molecule is CCC(CCCN1CCN(c2ccc(-c3cnc[nH]3)cc2)CC1)(C(=O)OC)c1ccccc1. The van der Waals surface area contributed by atoms with Crippen LogP contribution < -0.4 is 4.90 Å². The summed E-state index contributed by atoms with van der Waals surface area (Å²) in [5.74, 6) is -0.125. The molecule has 1 saturated heterocycles. The van der Waals surface area contributed by atoms with Crippen LogP contribution in [0.1, 0.15) is 31.7 Å². The van der Waals surface area contributed by atoms with E-state index in [0.29, 0.717) is 0 Å². The second-order valence-corrected chi connectivity index (χ2v) is 8.74. The number of aromatic amines is 1. The number of methoxy groups -OCH3 is 1. The van der Waals surface area contributed by atoms with Crippen LogP contribution in [-0.4, -0.2) is 60.7 Å². The van der Waals surface area contributed by atoms with E-state index >= 15 is 0 Å². The van der Waals surface area contributed by atoms with Crippen molar-refractivity contribution < 1.29 is 9.53 Å². The van der Waals surface area contributed by atoms with Crippen LogP contribution in [0.15, 0.2) is 67.1 Å². The Morgan fingerprint density at radius 1 is 1.06 bits per heavy atom. The Bertz CT molecular complexity index is 996. The summed E-state index contributed by atoms with van der Waals surface area (Å²) in [6.07, 6.45) is 6.06. The van der Waals surface area contributed by atoms with Gasteiger partial charge in [-0.25, -0.2) is 4.98 Å². The number of anilines is 1. The van der Waals surface area contributed by atoms with Crippen LogP contribution in [0, 0.1) is 0 Å². The van der Waals surface area contributed by atoms with Crippen molar-refractivity contribution in [3.05, 3.63) is 72.7 Å². The Morgan fingerprint density at radius 2 is 1.79 bits per heavy atom. The van der Waals surface area contributed by atoms with Gasteiger partial charge in [-0.15, -0.1) is 0 Å². The normalized spacial score (nSPS) is 16.4. The standard InChI is InChI=1S/C27H34N4O2/c1-3-27(26(32)33-2,23-8-5-4-6-9-23)14-7-15-30-16-18-31(19-17-30)24-12-10-22(11-13-24)25-20-28-21-29-25/h4-6,8-13,20-21H,3,7,14-19H2,1-2H3,(H,28,29). The lowest BCUT2D eigenvalue weighted by Crippen LogP contribution is -2.47. The third-order valence-electron chi connectivity index (χ3n) is 7.00. The number of imidazole rings is 1.